The van der Waals surface area contributed by atoms with Crippen molar-refractivity contribution in [2.75, 3.05) is 5.32 Å². The average Bonchev–Trinajstić information content (AvgIpc) is 3.06. The first-order valence-corrected chi connectivity index (χ1v) is 7.63. The first kappa shape index (κ1) is 16.4. The monoisotopic (exact) mass is 336 g/mol. The lowest BCUT2D eigenvalue weighted by Gasteiger charge is -2.07. The van der Waals surface area contributed by atoms with Gasteiger partial charge in [-0.2, -0.15) is 5.10 Å². The molecule has 0 aliphatic carbocycles. The summed E-state index contributed by atoms with van der Waals surface area (Å²) >= 11 is 0. The van der Waals surface area contributed by atoms with Crippen LogP contribution >= 0.6 is 0 Å². The molecule has 0 fully saturated rings. The molecule has 3 rings (SSSR count). The van der Waals surface area contributed by atoms with Crippen LogP contribution in [0.5, 0.6) is 0 Å². The van der Waals surface area contributed by atoms with Gasteiger partial charge in [-0.05, 0) is 41.8 Å². The van der Waals surface area contributed by atoms with Crippen LogP contribution in [0.4, 0.5) is 5.69 Å². The summed E-state index contributed by atoms with van der Waals surface area (Å²) in [5.41, 5.74) is 3.02. The highest BCUT2D eigenvalue weighted by Gasteiger charge is 2.09. The van der Waals surface area contributed by atoms with Gasteiger partial charge in [0.05, 0.1) is 11.8 Å². The van der Waals surface area contributed by atoms with Crippen LogP contribution in [-0.4, -0.2) is 31.7 Å². The van der Waals surface area contributed by atoms with Gasteiger partial charge in [-0.1, -0.05) is 12.1 Å². The normalized spacial score (nSPS) is 10.4. The highest BCUT2D eigenvalue weighted by molar-refractivity contribution is 5.91. The van der Waals surface area contributed by atoms with Crippen LogP contribution in [0.2, 0.25) is 0 Å². The van der Waals surface area contributed by atoms with Gasteiger partial charge in [0.2, 0.25) is 5.91 Å². The molecular weight excluding hydrogens is 320 g/mol. The second kappa shape index (κ2) is 7.39. The number of carbonyl (C=O) groups is 2. The number of nitrogens with zero attached hydrogens (tertiary/aromatic N) is 3. The molecule has 0 aliphatic heterocycles. The molecule has 7 nitrogen and oxygen atoms in total. The molecule has 0 saturated carbocycles. The third kappa shape index (κ3) is 4.51. The van der Waals surface area contributed by atoms with Crippen molar-refractivity contribution in [3.63, 3.8) is 0 Å². The first-order valence-electron chi connectivity index (χ1n) is 7.63. The van der Waals surface area contributed by atoms with Crippen molar-refractivity contribution in [3.8, 4) is 0 Å². The molecule has 0 saturated heterocycles. The van der Waals surface area contributed by atoms with Crippen LogP contribution in [0.15, 0.2) is 61.2 Å². The molecule has 0 aliphatic rings. The van der Waals surface area contributed by atoms with Gasteiger partial charge >= 0.3 is 5.97 Å². The number of carboxylic acids is 1. The number of carboxylic acid groups (broad SMARTS) is 1. The molecule has 25 heavy (non-hydrogen) atoms. The number of pyridine rings is 1. The van der Waals surface area contributed by atoms with Crippen molar-refractivity contribution >= 4 is 17.6 Å². The lowest BCUT2D eigenvalue weighted by molar-refractivity contribution is -0.116. The Bertz CT molecular complexity index is 873. The summed E-state index contributed by atoms with van der Waals surface area (Å²) in [6.45, 7) is -0.0496. The van der Waals surface area contributed by atoms with Crippen LogP contribution in [0.25, 0.3) is 0 Å². The number of carbonyl (C=O) groups excluding carboxylic acids is 1. The number of rotatable bonds is 6. The van der Waals surface area contributed by atoms with E-state index in [-0.39, 0.29) is 18.0 Å². The summed E-state index contributed by atoms with van der Waals surface area (Å²) in [5.74, 6) is -1.35. The zero-order valence-electron chi connectivity index (χ0n) is 13.3. The van der Waals surface area contributed by atoms with E-state index in [0.717, 1.165) is 12.0 Å². The minimum Gasteiger partial charge on any atom is -0.478 e. The van der Waals surface area contributed by atoms with E-state index >= 15 is 0 Å². The smallest absolute Gasteiger partial charge is 0.338 e. The standard InChI is InChI=1S/C18H16N4O3/c23-17(12-22-11-15(10-20-22)18(24)25)21-16-3-1-13(2-4-16)9-14-5-7-19-8-6-14/h1-8,10-11H,9,12H2,(H,21,23)(H,24,25). The van der Waals surface area contributed by atoms with Crippen molar-refractivity contribution in [1.82, 2.24) is 14.8 Å². The summed E-state index contributed by atoms with van der Waals surface area (Å²) in [6, 6.07) is 11.5. The van der Waals surface area contributed by atoms with E-state index in [9.17, 15) is 9.59 Å². The molecule has 1 aromatic carbocycles. The number of hydrogen-bond donors (Lipinski definition) is 2. The predicted molar refractivity (Wildman–Crippen MR) is 91.3 cm³/mol. The number of hydrogen-bond acceptors (Lipinski definition) is 4. The van der Waals surface area contributed by atoms with Gasteiger partial charge in [0.25, 0.3) is 0 Å². The Labute approximate surface area is 143 Å². The van der Waals surface area contributed by atoms with Crippen molar-refractivity contribution in [2.24, 2.45) is 0 Å². The Morgan fingerprint density at radius 3 is 2.36 bits per heavy atom. The molecule has 7 heteroatoms. The number of nitrogens with one attached hydrogen (secondary N) is 1. The Hall–Kier alpha value is -3.48. The van der Waals surface area contributed by atoms with Crippen molar-refractivity contribution in [1.29, 1.82) is 0 Å². The molecule has 0 radical (unpaired) electrons. The number of benzene rings is 1. The zero-order valence-corrected chi connectivity index (χ0v) is 13.3. The maximum absolute atomic E-state index is 12.0. The summed E-state index contributed by atoms with van der Waals surface area (Å²) in [6.07, 6.45) is 6.84. The second-order valence-corrected chi connectivity index (χ2v) is 5.51. The summed E-state index contributed by atoms with van der Waals surface area (Å²) < 4.78 is 1.29. The van der Waals surface area contributed by atoms with Crippen LogP contribution in [-0.2, 0) is 17.8 Å². The summed E-state index contributed by atoms with van der Waals surface area (Å²) in [5, 5.41) is 15.5. The molecule has 126 valence electrons. The first-order chi connectivity index (χ1) is 12.1. The Kier molecular flexibility index (Phi) is 4.84. The molecule has 2 heterocycles. The van der Waals surface area contributed by atoms with Gasteiger partial charge in [-0.15, -0.1) is 0 Å². The minimum absolute atomic E-state index is 0.0493. The van der Waals surface area contributed by atoms with Crippen LogP contribution in [0, 0.1) is 0 Å². The van der Waals surface area contributed by atoms with E-state index in [1.54, 1.807) is 12.4 Å². The zero-order chi connectivity index (χ0) is 17.6. The van der Waals surface area contributed by atoms with E-state index in [2.05, 4.69) is 15.4 Å². The quantitative estimate of drug-likeness (QED) is 0.719. The highest BCUT2D eigenvalue weighted by Crippen LogP contribution is 2.13. The highest BCUT2D eigenvalue weighted by atomic mass is 16.4. The fourth-order valence-corrected chi connectivity index (χ4v) is 2.35. The molecule has 0 atom stereocenters. The van der Waals surface area contributed by atoms with Crippen molar-refractivity contribution < 1.29 is 14.7 Å². The molecule has 2 N–H and O–H groups in total. The fraction of sp³-hybridized carbons (Fsp3) is 0.111. The summed E-state index contributed by atoms with van der Waals surface area (Å²) in [7, 11) is 0. The topological polar surface area (TPSA) is 97.1 Å². The Morgan fingerprint density at radius 2 is 1.72 bits per heavy atom. The fourth-order valence-electron chi connectivity index (χ4n) is 2.35. The number of anilines is 1. The van der Waals surface area contributed by atoms with E-state index < -0.39 is 5.97 Å². The minimum atomic E-state index is -1.07. The molecule has 0 bridgehead atoms. The van der Waals surface area contributed by atoms with Gasteiger partial charge in [-0.25, -0.2) is 4.79 Å². The van der Waals surface area contributed by atoms with E-state index in [1.165, 1.54) is 22.6 Å². The van der Waals surface area contributed by atoms with Crippen molar-refractivity contribution in [2.45, 2.75) is 13.0 Å². The molecule has 0 spiro atoms. The van der Waals surface area contributed by atoms with Crippen LogP contribution in [0.1, 0.15) is 21.5 Å². The Balaban J connectivity index is 1.57. The third-order valence-corrected chi connectivity index (χ3v) is 3.58. The molecule has 3 aromatic rings. The maximum Gasteiger partial charge on any atom is 0.338 e. The summed E-state index contributed by atoms with van der Waals surface area (Å²) in [4.78, 5) is 26.8. The van der Waals surface area contributed by atoms with Crippen molar-refractivity contribution in [3.05, 3.63) is 77.9 Å². The van der Waals surface area contributed by atoms with Gasteiger partial charge in [0, 0.05) is 24.3 Å². The van der Waals surface area contributed by atoms with Gasteiger partial charge in [-0.3, -0.25) is 14.5 Å². The van der Waals surface area contributed by atoms with Gasteiger partial charge in [0.15, 0.2) is 0 Å². The van der Waals surface area contributed by atoms with Gasteiger partial charge in [0.1, 0.15) is 6.54 Å². The molecule has 2 aromatic heterocycles. The van der Waals surface area contributed by atoms with E-state index in [1.807, 2.05) is 36.4 Å². The number of aromatic carboxylic acids is 1. The number of aromatic nitrogens is 3. The SMILES string of the molecule is O=C(Cn1cc(C(=O)O)cn1)Nc1ccc(Cc2ccncc2)cc1. The largest absolute Gasteiger partial charge is 0.478 e. The van der Waals surface area contributed by atoms with Crippen LogP contribution in [0.3, 0.4) is 0 Å². The lowest BCUT2D eigenvalue weighted by atomic mass is 10.1. The maximum atomic E-state index is 12.0. The molecule has 0 unspecified atom stereocenters. The lowest BCUT2D eigenvalue weighted by Crippen LogP contribution is -2.19. The number of amides is 1. The van der Waals surface area contributed by atoms with E-state index in [0.29, 0.717) is 5.69 Å². The predicted octanol–water partition coefficient (Wildman–Crippen LogP) is 2.21. The van der Waals surface area contributed by atoms with Crippen LogP contribution < -0.4 is 5.32 Å². The Morgan fingerprint density at radius 1 is 1.04 bits per heavy atom. The third-order valence-electron chi connectivity index (χ3n) is 3.58. The average molecular weight is 336 g/mol. The van der Waals surface area contributed by atoms with E-state index in [4.69, 9.17) is 5.11 Å². The molecule has 1 amide bonds. The second-order valence-electron chi connectivity index (χ2n) is 5.51. The molecular formula is C18H16N4O3. The van der Waals surface area contributed by atoms with Gasteiger partial charge < -0.3 is 10.4 Å².